The van der Waals surface area contributed by atoms with Crippen LogP contribution in [0.5, 0.6) is 0 Å². The monoisotopic (exact) mass is 277 g/mol. The zero-order chi connectivity index (χ0) is 14.0. The fraction of sp³-hybridized carbons (Fsp3) is 0.250. The van der Waals surface area contributed by atoms with Gasteiger partial charge in [-0.3, -0.25) is 4.79 Å². The standard InChI is InChI=1S/C12H15N5OS/c1-6-5-19-12(16-6)7(2)17-11-9(10(14)18)3-8(13)4-15-11/h3-5,7H,13H2,1-2H3,(H2,14,18)(H,15,17). The van der Waals surface area contributed by atoms with Gasteiger partial charge in [-0.25, -0.2) is 9.97 Å². The molecule has 6 nitrogen and oxygen atoms in total. The first-order chi connectivity index (χ1) is 8.97. The molecule has 0 aliphatic carbocycles. The van der Waals surface area contributed by atoms with Gasteiger partial charge in [0.25, 0.3) is 5.91 Å². The second-order valence-electron chi connectivity index (χ2n) is 4.22. The smallest absolute Gasteiger partial charge is 0.252 e. The van der Waals surface area contributed by atoms with Crippen molar-refractivity contribution < 1.29 is 4.79 Å². The van der Waals surface area contributed by atoms with Gasteiger partial charge in [0, 0.05) is 11.1 Å². The van der Waals surface area contributed by atoms with E-state index in [0.717, 1.165) is 10.7 Å². The average Bonchev–Trinajstić information content (AvgIpc) is 2.78. The van der Waals surface area contributed by atoms with Crippen molar-refractivity contribution in [1.29, 1.82) is 0 Å². The number of carbonyl (C=O) groups excluding carboxylic acids is 1. The highest BCUT2D eigenvalue weighted by Gasteiger charge is 2.15. The Kier molecular flexibility index (Phi) is 3.66. The van der Waals surface area contributed by atoms with Crippen molar-refractivity contribution in [2.45, 2.75) is 19.9 Å². The molecule has 1 unspecified atom stereocenters. The van der Waals surface area contributed by atoms with Gasteiger partial charge in [0.15, 0.2) is 0 Å². The molecule has 0 saturated heterocycles. The van der Waals surface area contributed by atoms with Crippen LogP contribution in [0.15, 0.2) is 17.6 Å². The van der Waals surface area contributed by atoms with Crippen molar-refractivity contribution in [1.82, 2.24) is 9.97 Å². The third kappa shape index (κ3) is 3.00. The van der Waals surface area contributed by atoms with E-state index >= 15 is 0 Å². The second-order valence-corrected chi connectivity index (χ2v) is 5.11. The molecule has 19 heavy (non-hydrogen) atoms. The van der Waals surface area contributed by atoms with E-state index in [4.69, 9.17) is 11.5 Å². The first kappa shape index (κ1) is 13.3. The number of pyridine rings is 1. The number of nitrogens with two attached hydrogens (primary N) is 2. The minimum Gasteiger partial charge on any atom is -0.397 e. The van der Waals surface area contributed by atoms with Crippen LogP contribution in [-0.4, -0.2) is 15.9 Å². The molecular formula is C12H15N5OS. The number of nitrogens with zero attached hydrogens (tertiary/aromatic N) is 2. The van der Waals surface area contributed by atoms with E-state index in [2.05, 4.69) is 15.3 Å². The number of primary amides is 1. The first-order valence-corrected chi connectivity index (χ1v) is 6.59. The Labute approximate surface area is 114 Å². The van der Waals surface area contributed by atoms with Gasteiger partial charge >= 0.3 is 0 Å². The number of hydrogen-bond acceptors (Lipinski definition) is 6. The fourth-order valence-corrected chi connectivity index (χ4v) is 2.43. The predicted molar refractivity (Wildman–Crippen MR) is 76.1 cm³/mol. The maximum atomic E-state index is 11.4. The third-order valence-electron chi connectivity index (χ3n) is 2.53. The lowest BCUT2D eigenvalue weighted by Gasteiger charge is -2.14. The summed E-state index contributed by atoms with van der Waals surface area (Å²) < 4.78 is 0. The van der Waals surface area contributed by atoms with Crippen molar-refractivity contribution >= 4 is 28.7 Å². The summed E-state index contributed by atoms with van der Waals surface area (Å²) in [6, 6.07) is 1.45. The highest BCUT2D eigenvalue weighted by atomic mass is 32.1. The van der Waals surface area contributed by atoms with Gasteiger partial charge < -0.3 is 16.8 Å². The second kappa shape index (κ2) is 5.23. The van der Waals surface area contributed by atoms with Gasteiger partial charge in [-0.15, -0.1) is 11.3 Å². The molecule has 0 bridgehead atoms. The number of aromatic nitrogens is 2. The minimum absolute atomic E-state index is 0.0621. The summed E-state index contributed by atoms with van der Waals surface area (Å²) in [7, 11) is 0. The fourth-order valence-electron chi connectivity index (χ4n) is 1.62. The summed E-state index contributed by atoms with van der Waals surface area (Å²) in [5, 5.41) is 6.02. The van der Waals surface area contributed by atoms with Crippen molar-refractivity contribution in [3.63, 3.8) is 0 Å². The van der Waals surface area contributed by atoms with Crippen LogP contribution in [0.4, 0.5) is 11.5 Å². The molecule has 1 atom stereocenters. The van der Waals surface area contributed by atoms with E-state index in [0.29, 0.717) is 11.5 Å². The Balaban J connectivity index is 2.26. The topological polar surface area (TPSA) is 107 Å². The predicted octanol–water partition coefficient (Wildman–Crippen LogP) is 1.70. The van der Waals surface area contributed by atoms with Gasteiger partial charge in [0.05, 0.1) is 23.5 Å². The number of rotatable bonds is 4. The van der Waals surface area contributed by atoms with Gasteiger partial charge in [-0.05, 0) is 19.9 Å². The molecule has 100 valence electrons. The Morgan fingerprint density at radius 2 is 2.26 bits per heavy atom. The Morgan fingerprint density at radius 1 is 1.53 bits per heavy atom. The lowest BCUT2D eigenvalue weighted by atomic mass is 10.2. The third-order valence-corrected chi connectivity index (χ3v) is 3.68. The molecular weight excluding hydrogens is 262 g/mol. The van der Waals surface area contributed by atoms with Crippen LogP contribution in [0.1, 0.15) is 34.0 Å². The van der Waals surface area contributed by atoms with Crippen LogP contribution < -0.4 is 16.8 Å². The summed E-state index contributed by atoms with van der Waals surface area (Å²) >= 11 is 1.55. The zero-order valence-electron chi connectivity index (χ0n) is 10.7. The number of carbonyl (C=O) groups is 1. The number of nitrogens with one attached hydrogen (secondary N) is 1. The van der Waals surface area contributed by atoms with Crippen molar-refractivity contribution in [2.75, 3.05) is 11.1 Å². The van der Waals surface area contributed by atoms with Gasteiger partial charge in [-0.2, -0.15) is 0 Å². The maximum Gasteiger partial charge on any atom is 0.252 e. The number of nitrogen functional groups attached to an aromatic ring is 1. The van der Waals surface area contributed by atoms with Crippen LogP contribution in [0.25, 0.3) is 0 Å². The number of aryl methyl sites for hydroxylation is 1. The maximum absolute atomic E-state index is 11.4. The normalized spacial score (nSPS) is 12.1. The lowest BCUT2D eigenvalue weighted by Crippen LogP contribution is -2.17. The van der Waals surface area contributed by atoms with E-state index in [-0.39, 0.29) is 11.6 Å². The molecule has 0 aromatic carbocycles. The molecule has 0 fully saturated rings. The van der Waals surface area contributed by atoms with Gasteiger partial charge in [0.2, 0.25) is 0 Å². The summed E-state index contributed by atoms with van der Waals surface area (Å²) in [6.45, 7) is 3.88. The molecule has 0 saturated carbocycles. The summed E-state index contributed by atoms with van der Waals surface area (Å²) in [4.78, 5) is 19.9. The molecule has 0 spiro atoms. The number of anilines is 2. The SMILES string of the molecule is Cc1csc(C(C)Nc2ncc(N)cc2C(N)=O)n1. The molecule has 1 amide bonds. The van der Waals surface area contributed by atoms with Crippen molar-refractivity contribution in [3.8, 4) is 0 Å². The Morgan fingerprint density at radius 3 is 2.84 bits per heavy atom. The minimum atomic E-state index is -0.565. The van der Waals surface area contributed by atoms with Crippen molar-refractivity contribution in [2.24, 2.45) is 5.73 Å². The highest BCUT2D eigenvalue weighted by Crippen LogP contribution is 2.23. The number of amides is 1. The molecule has 2 rings (SSSR count). The summed E-state index contributed by atoms with van der Waals surface area (Å²) in [5.41, 5.74) is 12.6. The molecule has 2 heterocycles. The van der Waals surface area contributed by atoms with Gasteiger partial charge in [-0.1, -0.05) is 0 Å². The van der Waals surface area contributed by atoms with E-state index in [1.54, 1.807) is 11.3 Å². The Bertz CT molecular complexity index is 610. The van der Waals surface area contributed by atoms with Crippen LogP contribution in [0, 0.1) is 6.92 Å². The molecule has 2 aromatic heterocycles. The molecule has 0 aliphatic rings. The van der Waals surface area contributed by atoms with E-state index < -0.39 is 5.91 Å². The van der Waals surface area contributed by atoms with Crippen LogP contribution in [-0.2, 0) is 0 Å². The number of thiazole rings is 1. The van der Waals surface area contributed by atoms with Crippen LogP contribution in [0.2, 0.25) is 0 Å². The molecule has 0 aliphatic heterocycles. The van der Waals surface area contributed by atoms with Crippen LogP contribution >= 0.6 is 11.3 Å². The molecule has 2 aromatic rings. The van der Waals surface area contributed by atoms with E-state index in [1.807, 2.05) is 19.2 Å². The summed E-state index contributed by atoms with van der Waals surface area (Å²) in [5.74, 6) is -0.146. The first-order valence-electron chi connectivity index (χ1n) is 5.71. The van der Waals surface area contributed by atoms with E-state index in [9.17, 15) is 4.79 Å². The van der Waals surface area contributed by atoms with E-state index in [1.165, 1.54) is 12.3 Å². The quantitative estimate of drug-likeness (QED) is 0.788. The highest BCUT2D eigenvalue weighted by molar-refractivity contribution is 7.09. The largest absolute Gasteiger partial charge is 0.397 e. The Hall–Kier alpha value is -2.15. The number of hydrogen-bond donors (Lipinski definition) is 3. The zero-order valence-corrected chi connectivity index (χ0v) is 11.5. The van der Waals surface area contributed by atoms with Crippen molar-refractivity contribution in [3.05, 3.63) is 33.9 Å². The van der Waals surface area contributed by atoms with Crippen LogP contribution in [0.3, 0.4) is 0 Å². The average molecular weight is 277 g/mol. The molecule has 0 radical (unpaired) electrons. The molecule has 5 N–H and O–H groups in total. The lowest BCUT2D eigenvalue weighted by molar-refractivity contribution is 0.100. The van der Waals surface area contributed by atoms with Gasteiger partial charge in [0.1, 0.15) is 10.8 Å². The summed E-state index contributed by atoms with van der Waals surface area (Å²) in [6.07, 6.45) is 1.48. The molecule has 7 heteroatoms.